The first-order valence-corrected chi connectivity index (χ1v) is 9.31. The summed E-state index contributed by atoms with van der Waals surface area (Å²) in [6, 6.07) is 16.3. The van der Waals surface area contributed by atoms with Gasteiger partial charge in [-0.05, 0) is 61.6 Å². The summed E-state index contributed by atoms with van der Waals surface area (Å²) in [5.74, 6) is 1.29. The molecule has 0 saturated carbocycles. The van der Waals surface area contributed by atoms with Crippen molar-refractivity contribution < 1.29 is 4.52 Å². The molecule has 134 valence electrons. The van der Waals surface area contributed by atoms with Crippen LogP contribution in [0.2, 0.25) is 0 Å². The molecule has 0 spiro atoms. The lowest BCUT2D eigenvalue weighted by Crippen LogP contribution is -2.29. The van der Waals surface area contributed by atoms with Gasteiger partial charge in [-0.2, -0.15) is 4.98 Å². The third-order valence-electron chi connectivity index (χ3n) is 4.98. The maximum absolute atomic E-state index is 5.99. The average molecular weight is 348 g/mol. The molecule has 0 aliphatic carbocycles. The van der Waals surface area contributed by atoms with Crippen LogP contribution in [0.5, 0.6) is 0 Å². The standard InChI is InChI=1S/C21H24N4O/c22-19-7-3-2-6-16(19)10-13-20-23-21(24-26-20)17-8-11-18(12-9-17)25-14-4-1-5-15-25/h2-3,6-9,11-12H,1,4-5,10,13-15,22H2. The Morgan fingerprint density at radius 2 is 1.69 bits per heavy atom. The van der Waals surface area contributed by atoms with Crippen molar-refractivity contribution in [3.63, 3.8) is 0 Å². The predicted octanol–water partition coefficient (Wildman–Crippen LogP) is 4.09. The Hall–Kier alpha value is -2.82. The second-order valence-electron chi connectivity index (χ2n) is 6.81. The zero-order valence-corrected chi connectivity index (χ0v) is 14.9. The van der Waals surface area contributed by atoms with Gasteiger partial charge < -0.3 is 15.2 Å². The summed E-state index contributed by atoms with van der Waals surface area (Å²) in [4.78, 5) is 6.98. The monoisotopic (exact) mass is 348 g/mol. The third-order valence-corrected chi connectivity index (χ3v) is 4.98. The van der Waals surface area contributed by atoms with Gasteiger partial charge in [-0.25, -0.2) is 0 Å². The minimum absolute atomic E-state index is 0.642. The minimum atomic E-state index is 0.642. The van der Waals surface area contributed by atoms with Crippen molar-refractivity contribution in [1.82, 2.24) is 10.1 Å². The van der Waals surface area contributed by atoms with E-state index >= 15 is 0 Å². The Morgan fingerprint density at radius 3 is 2.46 bits per heavy atom. The fourth-order valence-corrected chi connectivity index (χ4v) is 3.45. The van der Waals surface area contributed by atoms with Crippen LogP contribution in [0.25, 0.3) is 11.4 Å². The van der Waals surface area contributed by atoms with Crippen LogP contribution in [0.15, 0.2) is 53.1 Å². The summed E-state index contributed by atoms with van der Waals surface area (Å²) in [6.07, 6.45) is 5.38. The van der Waals surface area contributed by atoms with Crippen LogP contribution in [0.3, 0.4) is 0 Å². The van der Waals surface area contributed by atoms with Crippen molar-refractivity contribution in [3.8, 4) is 11.4 Å². The normalized spacial score (nSPS) is 14.5. The maximum Gasteiger partial charge on any atom is 0.227 e. The number of anilines is 2. The van der Waals surface area contributed by atoms with Gasteiger partial charge in [0.15, 0.2) is 0 Å². The van der Waals surface area contributed by atoms with Crippen molar-refractivity contribution in [2.24, 2.45) is 0 Å². The van der Waals surface area contributed by atoms with E-state index in [-0.39, 0.29) is 0 Å². The van der Waals surface area contributed by atoms with Crippen molar-refractivity contribution in [2.45, 2.75) is 32.1 Å². The molecule has 1 aliphatic heterocycles. The Balaban J connectivity index is 1.41. The van der Waals surface area contributed by atoms with E-state index in [4.69, 9.17) is 10.3 Å². The molecule has 1 saturated heterocycles. The molecule has 0 bridgehead atoms. The Labute approximate surface area is 153 Å². The number of nitrogens with zero attached hydrogens (tertiary/aromatic N) is 3. The predicted molar refractivity (Wildman–Crippen MR) is 104 cm³/mol. The molecule has 1 fully saturated rings. The molecule has 2 N–H and O–H groups in total. The molecule has 0 amide bonds. The SMILES string of the molecule is Nc1ccccc1CCc1nc(-c2ccc(N3CCCCC3)cc2)no1. The average Bonchev–Trinajstić information content (AvgIpc) is 3.17. The lowest BCUT2D eigenvalue weighted by molar-refractivity contribution is 0.379. The highest BCUT2D eigenvalue weighted by Crippen LogP contribution is 2.24. The quantitative estimate of drug-likeness (QED) is 0.703. The van der Waals surface area contributed by atoms with Crippen LogP contribution < -0.4 is 10.6 Å². The molecular weight excluding hydrogens is 324 g/mol. The van der Waals surface area contributed by atoms with Gasteiger partial charge in [0.25, 0.3) is 0 Å². The number of benzene rings is 2. The van der Waals surface area contributed by atoms with Crippen molar-refractivity contribution >= 4 is 11.4 Å². The summed E-state index contributed by atoms with van der Waals surface area (Å²) >= 11 is 0. The fraction of sp³-hybridized carbons (Fsp3) is 0.333. The van der Waals surface area contributed by atoms with E-state index in [9.17, 15) is 0 Å². The lowest BCUT2D eigenvalue weighted by atomic mass is 10.1. The van der Waals surface area contributed by atoms with Gasteiger partial charge in [0.05, 0.1) is 0 Å². The summed E-state index contributed by atoms with van der Waals surface area (Å²) in [7, 11) is 0. The fourth-order valence-electron chi connectivity index (χ4n) is 3.45. The van der Waals surface area contributed by atoms with E-state index in [1.54, 1.807) is 0 Å². The van der Waals surface area contributed by atoms with Crippen LogP contribution in [0.4, 0.5) is 11.4 Å². The van der Waals surface area contributed by atoms with Crippen LogP contribution >= 0.6 is 0 Å². The van der Waals surface area contributed by atoms with Crippen LogP contribution in [-0.4, -0.2) is 23.2 Å². The molecule has 2 aromatic carbocycles. The highest BCUT2D eigenvalue weighted by molar-refractivity contribution is 5.60. The van der Waals surface area contributed by atoms with Gasteiger partial charge in [0.2, 0.25) is 11.7 Å². The molecule has 0 unspecified atom stereocenters. The number of hydrogen-bond acceptors (Lipinski definition) is 5. The van der Waals surface area contributed by atoms with Crippen molar-refractivity contribution in [2.75, 3.05) is 23.7 Å². The topological polar surface area (TPSA) is 68.2 Å². The first kappa shape index (κ1) is 16.6. The highest BCUT2D eigenvalue weighted by Gasteiger charge is 2.13. The summed E-state index contributed by atoms with van der Waals surface area (Å²) in [6.45, 7) is 2.29. The van der Waals surface area contributed by atoms with E-state index in [0.29, 0.717) is 18.1 Å². The number of hydrogen-bond donors (Lipinski definition) is 1. The smallest absolute Gasteiger partial charge is 0.227 e. The largest absolute Gasteiger partial charge is 0.399 e. The number of piperidine rings is 1. The number of nitrogens with two attached hydrogens (primary N) is 1. The number of aromatic nitrogens is 2. The molecule has 0 atom stereocenters. The molecule has 1 aliphatic rings. The van der Waals surface area contributed by atoms with Gasteiger partial charge in [-0.1, -0.05) is 23.4 Å². The molecule has 0 radical (unpaired) electrons. The Morgan fingerprint density at radius 1 is 0.923 bits per heavy atom. The van der Waals surface area contributed by atoms with Gasteiger partial charge in [0.1, 0.15) is 0 Å². The second kappa shape index (κ2) is 7.60. The summed E-state index contributed by atoms with van der Waals surface area (Å²) in [5, 5.41) is 4.13. The number of para-hydroxylation sites is 1. The minimum Gasteiger partial charge on any atom is -0.399 e. The van der Waals surface area contributed by atoms with Crippen LogP contribution in [0.1, 0.15) is 30.7 Å². The van der Waals surface area contributed by atoms with Crippen LogP contribution in [0, 0.1) is 0 Å². The maximum atomic E-state index is 5.99. The lowest BCUT2D eigenvalue weighted by Gasteiger charge is -2.28. The van der Waals surface area contributed by atoms with E-state index in [2.05, 4.69) is 39.3 Å². The van der Waals surface area contributed by atoms with Gasteiger partial charge in [0, 0.05) is 36.4 Å². The molecular formula is C21H24N4O. The van der Waals surface area contributed by atoms with Gasteiger partial charge in [-0.3, -0.25) is 0 Å². The Kier molecular flexibility index (Phi) is 4.86. The van der Waals surface area contributed by atoms with Gasteiger partial charge >= 0.3 is 0 Å². The molecule has 5 heteroatoms. The molecule has 1 aromatic heterocycles. The second-order valence-corrected chi connectivity index (χ2v) is 6.81. The molecule has 2 heterocycles. The van der Waals surface area contributed by atoms with E-state index in [0.717, 1.165) is 36.3 Å². The zero-order valence-electron chi connectivity index (χ0n) is 14.9. The third kappa shape index (κ3) is 3.72. The van der Waals surface area contributed by atoms with Crippen LogP contribution in [-0.2, 0) is 12.8 Å². The number of rotatable bonds is 5. The van der Waals surface area contributed by atoms with Gasteiger partial charge in [-0.15, -0.1) is 0 Å². The molecule has 26 heavy (non-hydrogen) atoms. The van der Waals surface area contributed by atoms with Crippen molar-refractivity contribution in [1.29, 1.82) is 0 Å². The number of aryl methyl sites for hydroxylation is 2. The first-order chi connectivity index (χ1) is 12.8. The van der Waals surface area contributed by atoms with E-state index < -0.39 is 0 Å². The summed E-state index contributed by atoms with van der Waals surface area (Å²) < 4.78 is 5.41. The Bertz CT molecular complexity index is 850. The molecule has 4 rings (SSSR count). The van der Waals surface area contributed by atoms with E-state index in [1.165, 1.54) is 24.9 Å². The summed E-state index contributed by atoms with van der Waals surface area (Å²) in [5.41, 5.74) is 10.2. The van der Waals surface area contributed by atoms with Crippen molar-refractivity contribution in [3.05, 3.63) is 60.0 Å². The highest BCUT2D eigenvalue weighted by atomic mass is 16.5. The van der Waals surface area contributed by atoms with E-state index in [1.807, 2.05) is 24.3 Å². The molecule has 3 aromatic rings. The first-order valence-electron chi connectivity index (χ1n) is 9.31. The zero-order chi connectivity index (χ0) is 17.8. The molecule has 5 nitrogen and oxygen atoms in total. The number of nitrogen functional groups attached to an aromatic ring is 1.